The lowest BCUT2D eigenvalue weighted by atomic mass is 10.1. The molecule has 6 heteroatoms. The SMILES string of the molecule is COc1ccc(C(=O)CCC(=O)Nc2cnccc2C)cc1F. The van der Waals surface area contributed by atoms with Gasteiger partial charge in [0.2, 0.25) is 5.91 Å². The van der Waals surface area contributed by atoms with Crippen LogP contribution in [0.4, 0.5) is 10.1 Å². The van der Waals surface area contributed by atoms with Gasteiger partial charge in [-0.25, -0.2) is 4.39 Å². The molecule has 0 atom stereocenters. The highest BCUT2D eigenvalue weighted by atomic mass is 19.1. The molecule has 1 aromatic heterocycles. The molecule has 1 aromatic carbocycles. The summed E-state index contributed by atoms with van der Waals surface area (Å²) in [6.45, 7) is 1.85. The Labute approximate surface area is 133 Å². The average Bonchev–Trinajstić information content (AvgIpc) is 2.54. The number of hydrogen-bond donors (Lipinski definition) is 1. The molecule has 0 aliphatic carbocycles. The van der Waals surface area contributed by atoms with Crippen LogP contribution in [0.15, 0.2) is 36.7 Å². The van der Waals surface area contributed by atoms with E-state index in [0.29, 0.717) is 5.69 Å². The molecule has 0 spiro atoms. The number of halogens is 1. The second kappa shape index (κ2) is 7.49. The van der Waals surface area contributed by atoms with Crippen LogP contribution in [0.3, 0.4) is 0 Å². The van der Waals surface area contributed by atoms with Crippen molar-refractivity contribution in [2.75, 3.05) is 12.4 Å². The quantitative estimate of drug-likeness (QED) is 0.831. The minimum absolute atomic E-state index is 0.00306. The van der Waals surface area contributed by atoms with Gasteiger partial charge >= 0.3 is 0 Å². The van der Waals surface area contributed by atoms with Gasteiger partial charge in [-0.2, -0.15) is 0 Å². The normalized spacial score (nSPS) is 10.2. The highest BCUT2D eigenvalue weighted by molar-refractivity contribution is 6.00. The Morgan fingerprint density at radius 2 is 2.04 bits per heavy atom. The number of amides is 1. The third kappa shape index (κ3) is 4.35. The van der Waals surface area contributed by atoms with Crippen LogP contribution in [0.1, 0.15) is 28.8 Å². The second-order valence-corrected chi connectivity index (χ2v) is 5.01. The fourth-order valence-corrected chi connectivity index (χ4v) is 2.02. The molecule has 0 saturated heterocycles. The van der Waals surface area contributed by atoms with Gasteiger partial charge in [0.25, 0.3) is 0 Å². The molecular weight excluding hydrogens is 299 g/mol. The fraction of sp³-hybridized carbons (Fsp3) is 0.235. The third-order valence-electron chi connectivity index (χ3n) is 3.37. The predicted octanol–water partition coefficient (Wildman–Crippen LogP) is 3.14. The van der Waals surface area contributed by atoms with E-state index in [-0.39, 0.29) is 35.8 Å². The summed E-state index contributed by atoms with van der Waals surface area (Å²) in [4.78, 5) is 27.8. The molecule has 5 nitrogen and oxygen atoms in total. The summed E-state index contributed by atoms with van der Waals surface area (Å²) in [5.41, 5.74) is 1.71. The summed E-state index contributed by atoms with van der Waals surface area (Å²) in [7, 11) is 1.35. The summed E-state index contributed by atoms with van der Waals surface area (Å²) >= 11 is 0. The van der Waals surface area contributed by atoms with Crippen LogP contribution in [-0.2, 0) is 4.79 Å². The molecule has 1 amide bonds. The van der Waals surface area contributed by atoms with Crippen molar-refractivity contribution in [2.45, 2.75) is 19.8 Å². The zero-order valence-corrected chi connectivity index (χ0v) is 12.9. The van der Waals surface area contributed by atoms with Crippen molar-refractivity contribution in [1.29, 1.82) is 0 Å². The van der Waals surface area contributed by atoms with Crippen molar-refractivity contribution in [3.8, 4) is 5.75 Å². The van der Waals surface area contributed by atoms with E-state index in [1.54, 1.807) is 18.5 Å². The fourth-order valence-electron chi connectivity index (χ4n) is 2.02. The van der Waals surface area contributed by atoms with E-state index < -0.39 is 5.82 Å². The molecule has 0 saturated carbocycles. The number of carbonyl (C=O) groups is 2. The molecule has 0 unspecified atom stereocenters. The van der Waals surface area contributed by atoms with E-state index in [1.165, 1.54) is 19.2 Å². The first-order chi connectivity index (χ1) is 11.0. The number of aryl methyl sites for hydroxylation is 1. The number of nitrogens with zero attached hydrogens (tertiary/aromatic N) is 1. The third-order valence-corrected chi connectivity index (χ3v) is 3.37. The van der Waals surface area contributed by atoms with Gasteiger partial charge in [0.1, 0.15) is 0 Å². The number of ketones is 1. The molecule has 0 bridgehead atoms. The minimum atomic E-state index is -0.603. The summed E-state index contributed by atoms with van der Waals surface area (Å²) < 4.78 is 18.4. The second-order valence-electron chi connectivity index (χ2n) is 5.01. The van der Waals surface area contributed by atoms with Crippen molar-refractivity contribution < 1.29 is 18.7 Å². The van der Waals surface area contributed by atoms with Crippen molar-refractivity contribution in [3.63, 3.8) is 0 Å². The lowest BCUT2D eigenvalue weighted by Crippen LogP contribution is -2.14. The van der Waals surface area contributed by atoms with Crippen molar-refractivity contribution in [3.05, 3.63) is 53.6 Å². The molecule has 1 N–H and O–H groups in total. The summed E-state index contributed by atoms with van der Waals surface area (Å²) in [5.74, 6) is -1.12. The number of nitrogens with one attached hydrogen (secondary N) is 1. The van der Waals surface area contributed by atoms with Crippen molar-refractivity contribution >= 4 is 17.4 Å². The monoisotopic (exact) mass is 316 g/mol. The van der Waals surface area contributed by atoms with Crippen LogP contribution in [0.25, 0.3) is 0 Å². The lowest BCUT2D eigenvalue weighted by molar-refractivity contribution is -0.116. The molecule has 0 radical (unpaired) electrons. The van der Waals surface area contributed by atoms with Crippen molar-refractivity contribution in [2.24, 2.45) is 0 Å². The van der Waals surface area contributed by atoms with E-state index in [1.807, 2.05) is 6.92 Å². The van der Waals surface area contributed by atoms with E-state index in [0.717, 1.165) is 11.6 Å². The molecule has 0 fully saturated rings. The number of pyridine rings is 1. The number of hydrogen-bond acceptors (Lipinski definition) is 4. The van der Waals surface area contributed by atoms with E-state index in [4.69, 9.17) is 4.74 Å². The first-order valence-electron chi connectivity index (χ1n) is 7.08. The highest BCUT2D eigenvalue weighted by Gasteiger charge is 2.13. The molecule has 0 aliphatic rings. The van der Waals surface area contributed by atoms with Gasteiger partial charge in [-0.15, -0.1) is 0 Å². The Morgan fingerprint density at radius 3 is 2.70 bits per heavy atom. The number of methoxy groups -OCH3 is 1. The molecule has 0 aliphatic heterocycles. The Hall–Kier alpha value is -2.76. The number of carbonyl (C=O) groups excluding carboxylic acids is 2. The summed E-state index contributed by atoms with van der Waals surface area (Å²) in [6.07, 6.45) is 3.19. The smallest absolute Gasteiger partial charge is 0.224 e. The molecule has 1 heterocycles. The van der Waals surface area contributed by atoms with Gasteiger partial charge in [-0.1, -0.05) is 0 Å². The molecular formula is C17H17FN2O3. The summed E-state index contributed by atoms with van der Waals surface area (Å²) in [6, 6.07) is 5.76. The average molecular weight is 316 g/mol. The largest absolute Gasteiger partial charge is 0.494 e. The Balaban J connectivity index is 1.92. The lowest BCUT2D eigenvalue weighted by Gasteiger charge is -2.07. The van der Waals surface area contributed by atoms with Crippen LogP contribution in [0.2, 0.25) is 0 Å². The number of aromatic nitrogens is 1. The van der Waals surface area contributed by atoms with Gasteiger partial charge in [-0.05, 0) is 36.8 Å². The van der Waals surface area contributed by atoms with Crippen LogP contribution in [0, 0.1) is 12.7 Å². The van der Waals surface area contributed by atoms with Gasteiger partial charge in [0, 0.05) is 24.6 Å². The first kappa shape index (κ1) is 16.6. The predicted molar refractivity (Wildman–Crippen MR) is 84.1 cm³/mol. The van der Waals surface area contributed by atoms with Crippen LogP contribution in [0.5, 0.6) is 5.75 Å². The molecule has 120 valence electrons. The standard InChI is InChI=1S/C17H17FN2O3/c1-11-7-8-19-10-14(11)20-17(22)6-4-15(21)12-3-5-16(23-2)13(18)9-12/h3,5,7-10H,4,6H2,1-2H3,(H,20,22). The number of rotatable bonds is 6. The summed E-state index contributed by atoms with van der Waals surface area (Å²) in [5, 5.41) is 2.70. The van der Waals surface area contributed by atoms with Gasteiger partial charge in [-0.3, -0.25) is 14.6 Å². The van der Waals surface area contributed by atoms with Gasteiger partial charge in [0.05, 0.1) is 19.0 Å². The zero-order valence-electron chi connectivity index (χ0n) is 12.9. The van der Waals surface area contributed by atoms with Crippen LogP contribution < -0.4 is 10.1 Å². The number of benzene rings is 1. The number of Topliss-reactive ketones (excluding diaryl/α,β-unsaturated/α-hetero) is 1. The zero-order chi connectivity index (χ0) is 16.8. The Bertz CT molecular complexity index is 732. The van der Waals surface area contributed by atoms with Gasteiger partial charge in [0.15, 0.2) is 17.3 Å². The first-order valence-corrected chi connectivity index (χ1v) is 7.08. The maximum absolute atomic E-state index is 13.6. The molecule has 2 rings (SSSR count). The Morgan fingerprint density at radius 1 is 1.26 bits per heavy atom. The minimum Gasteiger partial charge on any atom is -0.494 e. The van der Waals surface area contributed by atoms with Gasteiger partial charge < -0.3 is 10.1 Å². The van der Waals surface area contributed by atoms with Crippen LogP contribution in [-0.4, -0.2) is 23.8 Å². The maximum Gasteiger partial charge on any atom is 0.224 e. The van der Waals surface area contributed by atoms with Crippen molar-refractivity contribution in [1.82, 2.24) is 4.98 Å². The van der Waals surface area contributed by atoms with E-state index in [9.17, 15) is 14.0 Å². The maximum atomic E-state index is 13.6. The molecule has 2 aromatic rings. The topological polar surface area (TPSA) is 68.3 Å². The highest BCUT2D eigenvalue weighted by Crippen LogP contribution is 2.19. The van der Waals surface area contributed by atoms with E-state index >= 15 is 0 Å². The number of anilines is 1. The van der Waals surface area contributed by atoms with E-state index in [2.05, 4.69) is 10.3 Å². The number of ether oxygens (including phenoxy) is 1. The Kier molecular flexibility index (Phi) is 5.41. The van der Waals surface area contributed by atoms with Crippen LogP contribution >= 0.6 is 0 Å². The molecule has 23 heavy (non-hydrogen) atoms.